The van der Waals surface area contributed by atoms with Crippen LogP contribution in [0.15, 0.2) is 24.3 Å². The summed E-state index contributed by atoms with van der Waals surface area (Å²) in [6.07, 6.45) is -0.128. The Morgan fingerprint density at radius 1 is 1.61 bits per heavy atom. The Morgan fingerprint density at radius 3 is 3.17 bits per heavy atom. The molecule has 1 aromatic rings. The van der Waals surface area contributed by atoms with Crippen molar-refractivity contribution in [3.8, 4) is 0 Å². The topological polar surface area (TPSA) is 67.6 Å². The van der Waals surface area contributed by atoms with Crippen molar-refractivity contribution in [3.63, 3.8) is 0 Å². The summed E-state index contributed by atoms with van der Waals surface area (Å²) in [5.74, 6) is -0.380. The van der Waals surface area contributed by atoms with Crippen molar-refractivity contribution in [2.75, 3.05) is 31.6 Å². The Balaban J connectivity index is 1.95. The van der Waals surface area contributed by atoms with Gasteiger partial charge in [-0.15, -0.1) is 0 Å². The van der Waals surface area contributed by atoms with E-state index in [0.717, 1.165) is 0 Å². The number of ether oxygens (including phenoxy) is 1. The van der Waals surface area contributed by atoms with Crippen LogP contribution in [0.3, 0.4) is 0 Å². The number of morpholine rings is 1. The van der Waals surface area contributed by atoms with E-state index in [0.29, 0.717) is 31.9 Å². The van der Waals surface area contributed by atoms with Crippen molar-refractivity contribution >= 4 is 11.7 Å². The smallest absolute Gasteiger partial charge is 0.322 e. The number of nitrogens with zero attached hydrogens (tertiary/aromatic N) is 1. The number of hydrogen-bond acceptors (Lipinski definition) is 3. The molecule has 2 amide bonds. The summed E-state index contributed by atoms with van der Waals surface area (Å²) in [5.41, 5.74) is 5.95. The number of anilines is 1. The van der Waals surface area contributed by atoms with Crippen LogP contribution in [0.25, 0.3) is 0 Å². The quantitative estimate of drug-likeness (QED) is 0.826. The second-order valence-electron chi connectivity index (χ2n) is 4.12. The molecule has 6 heteroatoms. The van der Waals surface area contributed by atoms with Gasteiger partial charge in [0.2, 0.25) is 0 Å². The number of halogens is 1. The Bertz CT molecular complexity index is 428. The van der Waals surface area contributed by atoms with Crippen molar-refractivity contribution in [3.05, 3.63) is 30.1 Å². The van der Waals surface area contributed by atoms with E-state index in [1.165, 1.54) is 12.1 Å². The van der Waals surface area contributed by atoms with Crippen LogP contribution in [-0.2, 0) is 4.74 Å². The molecular weight excluding hydrogens is 237 g/mol. The average Bonchev–Trinajstić information content (AvgIpc) is 2.39. The molecule has 98 valence electrons. The minimum Gasteiger partial charge on any atom is -0.373 e. The Hall–Kier alpha value is -1.66. The molecule has 0 saturated carbocycles. The molecule has 1 atom stereocenters. The first kappa shape index (κ1) is 12.8. The van der Waals surface area contributed by atoms with E-state index in [-0.39, 0.29) is 18.0 Å². The number of rotatable bonds is 2. The molecule has 5 nitrogen and oxygen atoms in total. The summed E-state index contributed by atoms with van der Waals surface area (Å²) >= 11 is 0. The minimum absolute atomic E-state index is 0.128. The van der Waals surface area contributed by atoms with Gasteiger partial charge in [-0.1, -0.05) is 6.07 Å². The average molecular weight is 253 g/mol. The third-order valence-electron chi connectivity index (χ3n) is 2.76. The molecule has 1 heterocycles. The maximum absolute atomic E-state index is 13.0. The highest BCUT2D eigenvalue weighted by Crippen LogP contribution is 2.11. The molecule has 0 aliphatic carbocycles. The van der Waals surface area contributed by atoms with Gasteiger partial charge in [-0.05, 0) is 18.2 Å². The van der Waals surface area contributed by atoms with Gasteiger partial charge in [0.05, 0.1) is 12.7 Å². The van der Waals surface area contributed by atoms with Crippen LogP contribution in [-0.4, -0.2) is 43.3 Å². The standard InChI is InChI=1S/C12H16FN3O2/c13-9-2-1-3-10(6-9)15-12(17)16-4-5-18-11(7-14)8-16/h1-3,6,11H,4-5,7-8,14H2,(H,15,17). The molecule has 18 heavy (non-hydrogen) atoms. The van der Waals surface area contributed by atoms with Gasteiger partial charge in [0, 0.05) is 25.3 Å². The third-order valence-corrected chi connectivity index (χ3v) is 2.76. The largest absolute Gasteiger partial charge is 0.373 e. The minimum atomic E-state index is -0.380. The van der Waals surface area contributed by atoms with Gasteiger partial charge in [0.15, 0.2) is 0 Å². The maximum atomic E-state index is 13.0. The lowest BCUT2D eigenvalue weighted by atomic mass is 10.3. The molecule has 1 unspecified atom stereocenters. The number of carbonyl (C=O) groups excluding carboxylic acids is 1. The van der Waals surface area contributed by atoms with Gasteiger partial charge in [0.1, 0.15) is 5.82 Å². The molecule has 1 saturated heterocycles. The highest BCUT2D eigenvalue weighted by molar-refractivity contribution is 5.89. The lowest BCUT2D eigenvalue weighted by Gasteiger charge is -2.32. The third kappa shape index (κ3) is 3.18. The van der Waals surface area contributed by atoms with Gasteiger partial charge in [-0.2, -0.15) is 0 Å². The van der Waals surface area contributed by atoms with Crippen molar-refractivity contribution in [1.29, 1.82) is 0 Å². The van der Waals surface area contributed by atoms with Crippen molar-refractivity contribution < 1.29 is 13.9 Å². The molecular formula is C12H16FN3O2. The van der Waals surface area contributed by atoms with Crippen LogP contribution in [0.4, 0.5) is 14.9 Å². The van der Waals surface area contributed by atoms with Crippen molar-refractivity contribution in [2.24, 2.45) is 5.73 Å². The van der Waals surface area contributed by atoms with Crippen molar-refractivity contribution in [2.45, 2.75) is 6.10 Å². The van der Waals surface area contributed by atoms with E-state index in [1.807, 2.05) is 0 Å². The predicted molar refractivity (Wildman–Crippen MR) is 65.8 cm³/mol. The van der Waals surface area contributed by atoms with Crippen LogP contribution < -0.4 is 11.1 Å². The number of urea groups is 1. The Morgan fingerprint density at radius 2 is 2.44 bits per heavy atom. The normalized spacial score (nSPS) is 19.7. The molecule has 2 rings (SSSR count). The summed E-state index contributed by atoms with van der Waals surface area (Å²) in [6.45, 7) is 1.82. The fourth-order valence-electron chi connectivity index (χ4n) is 1.82. The number of nitrogens with one attached hydrogen (secondary N) is 1. The van der Waals surface area contributed by atoms with Crippen LogP contribution in [0.1, 0.15) is 0 Å². The van der Waals surface area contributed by atoms with Gasteiger partial charge in [-0.3, -0.25) is 0 Å². The lowest BCUT2D eigenvalue weighted by molar-refractivity contribution is -0.00660. The van der Waals surface area contributed by atoms with E-state index < -0.39 is 0 Å². The van der Waals surface area contributed by atoms with Crippen LogP contribution >= 0.6 is 0 Å². The van der Waals surface area contributed by atoms with Crippen LogP contribution in [0.5, 0.6) is 0 Å². The number of nitrogens with two attached hydrogens (primary N) is 1. The van der Waals surface area contributed by atoms with Gasteiger partial charge in [0.25, 0.3) is 0 Å². The number of hydrogen-bond donors (Lipinski definition) is 2. The first-order valence-corrected chi connectivity index (χ1v) is 5.82. The lowest BCUT2D eigenvalue weighted by Crippen LogP contribution is -2.49. The second-order valence-corrected chi connectivity index (χ2v) is 4.12. The fourth-order valence-corrected chi connectivity index (χ4v) is 1.82. The van der Waals surface area contributed by atoms with E-state index in [1.54, 1.807) is 17.0 Å². The predicted octanol–water partition coefficient (Wildman–Crippen LogP) is 1.02. The number of amides is 2. The molecule has 3 N–H and O–H groups in total. The molecule has 0 aromatic heterocycles. The SMILES string of the molecule is NCC1CN(C(=O)Nc2cccc(F)c2)CCO1. The zero-order chi connectivity index (χ0) is 13.0. The van der Waals surface area contributed by atoms with E-state index >= 15 is 0 Å². The molecule has 0 bridgehead atoms. The summed E-state index contributed by atoms with van der Waals surface area (Å²) in [6, 6.07) is 5.53. The summed E-state index contributed by atoms with van der Waals surface area (Å²) < 4.78 is 18.3. The molecule has 1 aliphatic heterocycles. The van der Waals surface area contributed by atoms with Gasteiger partial charge < -0.3 is 20.7 Å². The molecule has 0 spiro atoms. The van der Waals surface area contributed by atoms with Crippen LogP contribution in [0.2, 0.25) is 0 Å². The highest BCUT2D eigenvalue weighted by atomic mass is 19.1. The highest BCUT2D eigenvalue weighted by Gasteiger charge is 2.23. The molecule has 1 aromatic carbocycles. The maximum Gasteiger partial charge on any atom is 0.322 e. The second kappa shape index (κ2) is 5.79. The number of benzene rings is 1. The first-order valence-electron chi connectivity index (χ1n) is 5.82. The summed E-state index contributed by atoms with van der Waals surface area (Å²) in [7, 11) is 0. The molecule has 1 aliphatic rings. The Kier molecular flexibility index (Phi) is 4.11. The van der Waals surface area contributed by atoms with Crippen LogP contribution in [0, 0.1) is 5.82 Å². The van der Waals surface area contributed by atoms with Gasteiger partial charge in [-0.25, -0.2) is 9.18 Å². The van der Waals surface area contributed by atoms with Crippen molar-refractivity contribution in [1.82, 2.24) is 4.90 Å². The summed E-state index contributed by atoms with van der Waals surface area (Å²) in [5, 5.41) is 2.65. The van der Waals surface area contributed by atoms with E-state index in [9.17, 15) is 9.18 Å². The molecule has 0 radical (unpaired) electrons. The zero-order valence-electron chi connectivity index (χ0n) is 9.93. The fraction of sp³-hybridized carbons (Fsp3) is 0.417. The molecule has 1 fully saturated rings. The van der Waals surface area contributed by atoms with Gasteiger partial charge >= 0.3 is 6.03 Å². The zero-order valence-corrected chi connectivity index (χ0v) is 9.93. The monoisotopic (exact) mass is 253 g/mol. The van der Waals surface area contributed by atoms with E-state index in [2.05, 4.69) is 5.32 Å². The van der Waals surface area contributed by atoms with E-state index in [4.69, 9.17) is 10.5 Å². The summed E-state index contributed by atoms with van der Waals surface area (Å²) in [4.78, 5) is 13.6. The first-order chi connectivity index (χ1) is 8.69. The Labute approximate surface area is 105 Å². The number of carbonyl (C=O) groups is 1.